The van der Waals surface area contributed by atoms with Gasteiger partial charge in [0.1, 0.15) is 12.5 Å². The van der Waals surface area contributed by atoms with Gasteiger partial charge in [0.15, 0.2) is 0 Å². The number of fused-ring (bicyclic) bond motifs is 2. The fourth-order valence-corrected chi connectivity index (χ4v) is 5.05. The van der Waals surface area contributed by atoms with Gasteiger partial charge >= 0.3 is 0 Å². The molecule has 0 saturated heterocycles. The van der Waals surface area contributed by atoms with Crippen molar-refractivity contribution in [2.45, 2.75) is 41.5 Å². The van der Waals surface area contributed by atoms with Crippen LogP contribution in [0.15, 0.2) is 82.6 Å². The topological polar surface area (TPSA) is 61.3 Å². The molecule has 1 aliphatic rings. The van der Waals surface area contributed by atoms with E-state index in [4.69, 9.17) is 16.2 Å². The van der Waals surface area contributed by atoms with Crippen LogP contribution in [-0.4, -0.2) is 0 Å². The lowest BCUT2D eigenvalue weighted by atomic mass is 9.77. The van der Waals surface area contributed by atoms with Crippen molar-refractivity contribution in [1.29, 1.82) is 0 Å². The normalized spacial score (nSPS) is 16.9. The third kappa shape index (κ3) is 3.42. The fourth-order valence-electron chi connectivity index (χ4n) is 3.61. The first kappa shape index (κ1) is 18.3. The van der Waals surface area contributed by atoms with Crippen LogP contribution in [0.2, 0.25) is 0 Å². The van der Waals surface area contributed by atoms with E-state index in [2.05, 4.69) is 56.3 Å². The van der Waals surface area contributed by atoms with Crippen molar-refractivity contribution < 1.29 is 4.74 Å². The van der Waals surface area contributed by atoms with Crippen LogP contribution in [0.25, 0.3) is 0 Å². The van der Waals surface area contributed by atoms with Gasteiger partial charge in [-0.3, -0.25) is 0 Å². The zero-order valence-electron chi connectivity index (χ0n) is 15.6. The Hall–Kier alpha value is -2.11. The van der Waals surface area contributed by atoms with E-state index >= 15 is 0 Å². The quantitative estimate of drug-likeness (QED) is 0.621. The highest BCUT2D eigenvalue weighted by Crippen LogP contribution is 2.49. The molecule has 4 rings (SSSR count). The highest BCUT2D eigenvalue weighted by atomic mass is 32.2. The minimum Gasteiger partial charge on any atom is -0.337 e. The maximum atomic E-state index is 6.32. The molecule has 2 atom stereocenters. The molecule has 0 aliphatic carbocycles. The van der Waals surface area contributed by atoms with Crippen molar-refractivity contribution in [3.63, 3.8) is 0 Å². The van der Waals surface area contributed by atoms with Crippen molar-refractivity contribution >= 4 is 11.8 Å². The highest BCUT2D eigenvalue weighted by Gasteiger charge is 2.33. The number of benzene rings is 3. The molecule has 0 radical (unpaired) electrons. The number of hydrogen-bond donors (Lipinski definition) is 2. The Morgan fingerprint density at radius 1 is 0.741 bits per heavy atom. The standard InChI is InChI=1S/C23H24N2OS/c1-23(2)17-10-6-7-11-19(17)27-20-14-16(12-13-18(20)23)22(25)26-21(24)15-8-4-3-5-9-15/h3-14,21-22H,24-25H2,1-2H3. The molecule has 0 fully saturated rings. The van der Waals surface area contributed by atoms with Crippen LogP contribution in [0.3, 0.4) is 0 Å². The Bertz CT molecular complexity index is 956. The van der Waals surface area contributed by atoms with Crippen LogP contribution >= 0.6 is 11.8 Å². The van der Waals surface area contributed by atoms with Crippen LogP contribution in [-0.2, 0) is 10.2 Å². The van der Waals surface area contributed by atoms with Gasteiger partial charge in [-0.15, -0.1) is 0 Å². The Kier molecular flexibility index (Phi) is 4.82. The summed E-state index contributed by atoms with van der Waals surface area (Å²) in [5, 5.41) is 0. The lowest BCUT2D eigenvalue weighted by Crippen LogP contribution is -2.25. The first-order valence-electron chi connectivity index (χ1n) is 9.10. The van der Waals surface area contributed by atoms with Crippen molar-refractivity contribution in [2.75, 3.05) is 0 Å². The van der Waals surface area contributed by atoms with Gasteiger partial charge in [0, 0.05) is 15.2 Å². The molecule has 0 bridgehead atoms. The van der Waals surface area contributed by atoms with Crippen LogP contribution in [0, 0.1) is 0 Å². The van der Waals surface area contributed by atoms with Crippen molar-refractivity contribution in [1.82, 2.24) is 0 Å². The number of nitrogens with two attached hydrogens (primary N) is 2. The summed E-state index contributed by atoms with van der Waals surface area (Å²) in [6.45, 7) is 4.54. The molecule has 0 aromatic heterocycles. The van der Waals surface area contributed by atoms with Gasteiger partial charge in [-0.1, -0.05) is 86.3 Å². The molecular weight excluding hydrogens is 352 g/mol. The van der Waals surface area contributed by atoms with E-state index in [9.17, 15) is 0 Å². The monoisotopic (exact) mass is 376 g/mol. The zero-order valence-corrected chi connectivity index (χ0v) is 16.4. The summed E-state index contributed by atoms with van der Waals surface area (Å²) in [5.74, 6) is 0. The average molecular weight is 377 g/mol. The largest absolute Gasteiger partial charge is 0.337 e. The van der Waals surface area contributed by atoms with Gasteiger partial charge in [-0.25, -0.2) is 0 Å². The number of hydrogen-bond acceptors (Lipinski definition) is 4. The minimum atomic E-state index is -0.577. The van der Waals surface area contributed by atoms with Crippen molar-refractivity contribution in [3.8, 4) is 0 Å². The summed E-state index contributed by atoms with van der Waals surface area (Å²) in [6, 6.07) is 24.7. The first-order chi connectivity index (χ1) is 13.0. The lowest BCUT2D eigenvalue weighted by Gasteiger charge is -2.35. The Morgan fingerprint density at radius 3 is 2.15 bits per heavy atom. The van der Waals surface area contributed by atoms with Crippen LogP contribution in [0.5, 0.6) is 0 Å². The molecule has 27 heavy (non-hydrogen) atoms. The van der Waals surface area contributed by atoms with Crippen molar-refractivity contribution in [2.24, 2.45) is 11.5 Å². The second kappa shape index (κ2) is 7.13. The summed E-state index contributed by atoms with van der Waals surface area (Å²) in [7, 11) is 0. The van der Waals surface area contributed by atoms with Crippen LogP contribution < -0.4 is 11.5 Å². The second-order valence-electron chi connectivity index (χ2n) is 7.37. The zero-order chi connectivity index (χ0) is 19.0. The molecule has 1 heterocycles. The SMILES string of the molecule is CC1(C)c2ccccc2Sc2cc(C(N)OC(N)c3ccccc3)ccc21. The van der Waals surface area contributed by atoms with Crippen molar-refractivity contribution in [3.05, 3.63) is 95.1 Å². The van der Waals surface area contributed by atoms with E-state index in [1.807, 2.05) is 30.3 Å². The summed E-state index contributed by atoms with van der Waals surface area (Å²) >= 11 is 1.79. The van der Waals surface area contributed by atoms with Gasteiger partial charge in [0.2, 0.25) is 0 Å². The van der Waals surface area contributed by atoms with Gasteiger partial charge < -0.3 is 16.2 Å². The first-order valence-corrected chi connectivity index (χ1v) is 9.92. The molecule has 4 N–H and O–H groups in total. The van der Waals surface area contributed by atoms with Gasteiger partial charge in [0.05, 0.1) is 0 Å². The van der Waals surface area contributed by atoms with E-state index < -0.39 is 12.5 Å². The predicted octanol–water partition coefficient (Wildman–Crippen LogP) is 5.11. The molecule has 3 aromatic rings. The molecule has 0 spiro atoms. The third-order valence-electron chi connectivity index (χ3n) is 5.21. The Morgan fingerprint density at radius 2 is 1.37 bits per heavy atom. The Balaban J connectivity index is 1.60. The fraction of sp³-hybridized carbons (Fsp3) is 0.217. The molecule has 1 aliphatic heterocycles. The highest BCUT2D eigenvalue weighted by molar-refractivity contribution is 7.99. The molecule has 4 heteroatoms. The maximum absolute atomic E-state index is 6.32. The summed E-state index contributed by atoms with van der Waals surface area (Å²) in [6.07, 6.45) is -1.13. The smallest absolute Gasteiger partial charge is 0.134 e. The molecular formula is C23H24N2OS. The van der Waals surface area contributed by atoms with Crippen LogP contribution in [0.1, 0.15) is 48.6 Å². The van der Waals surface area contributed by atoms with E-state index in [1.165, 1.54) is 20.9 Å². The molecule has 138 valence electrons. The maximum Gasteiger partial charge on any atom is 0.134 e. The van der Waals surface area contributed by atoms with E-state index in [1.54, 1.807) is 11.8 Å². The van der Waals surface area contributed by atoms with E-state index in [0.717, 1.165) is 11.1 Å². The molecule has 0 amide bonds. The summed E-state index contributed by atoms with van der Waals surface area (Å²) in [5.41, 5.74) is 17.0. The third-order valence-corrected chi connectivity index (χ3v) is 6.34. The van der Waals surface area contributed by atoms with Gasteiger partial charge in [0.25, 0.3) is 0 Å². The molecule has 3 nitrogen and oxygen atoms in total. The molecule has 2 unspecified atom stereocenters. The van der Waals surface area contributed by atoms with Gasteiger partial charge in [-0.2, -0.15) is 0 Å². The molecule has 0 saturated carbocycles. The molecule has 3 aromatic carbocycles. The predicted molar refractivity (Wildman–Crippen MR) is 111 cm³/mol. The van der Waals surface area contributed by atoms with Gasteiger partial charge in [-0.05, 0) is 34.4 Å². The van der Waals surface area contributed by atoms with E-state index in [0.29, 0.717) is 0 Å². The second-order valence-corrected chi connectivity index (χ2v) is 8.45. The Labute approximate surface area is 164 Å². The summed E-state index contributed by atoms with van der Waals surface area (Å²) in [4.78, 5) is 2.52. The van der Waals surface area contributed by atoms with Crippen LogP contribution in [0.4, 0.5) is 0 Å². The average Bonchev–Trinajstić information content (AvgIpc) is 2.68. The number of ether oxygens (including phenoxy) is 1. The minimum absolute atomic E-state index is 0.0406. The number of rotatable bonds is 4. The lowest BCUT2D eigenvalue weighted by molar-refractivity contribution is -0.00843. The summed E-state index contributed by atoms with van der Waals surface area (Å²) < 4.78 is 5.88. The van der Waals surface area contributed by atoms with E-state index in [-0.39, 0.29) is 5.41 Å².